The van der Waals surface area contributed by atoms with Gasteiger partial charge in [-0.05, 0) is 85.5 Å². The molecule has 0 spiro atoms. The summed E-state index contributed by atoms with van der Waals surface area (Å²) in [6.45, 7) is 0. The molecule has 0 aromatic heterocycles. The largest absolute Gasteiger partial charge is 0.0553 e. The zero-order valence-electron chi connectivity index (χ0n) is 11.4. The highest BCUT2D eigenvalue weighted by molar-refractivity contribution is 5.41. The second kappa shape index (κ2) is 4.40. The van der Waals surface area contributed by atoms with E-state index in [0.717, 1.165) is 11.8 Å². The van der Waals surface area contributed by atoms with Gasteiger partial charge < -0.3 is 0 Å². The van der Waals surface area contributed by atoms with Gasteiger partial charge in [-0.15, -0.1) is 0 Å². The zero-order valence-corrected chi connectivity index (χ0v) is 11.4. The third-order valence-electron chi connectivity index (χ3n) is 5.69. The van der Waals surface area contributed by atoms with Gasteiger partial charge in [0.25, 0.3) is 0 Å². The predicted molar refractivity (Wildman–Crippen MR) is 75.9 cm³/mol. The van der Waals surface area contributed by atoms with Gasteiger partial charge in [0.05, 0.1) is 0 Å². The van der Waals surface area contributed by atoms with Crippen molar-refractivity contribution in [1.29, 1.82) is 0 Å². The average Bonchev–Trinajstić information content (AvgIpc) is 2.42. The Morgan fingerprint density at radius 1 is 0.611 bits per heavy atom. The molecule has 0 aliphatic heterocycles. The lowest BCUT2D eigenvalue weighted by atomic mass is 9.68. The highest BCUT2D eigenvalue weighted by atomic mass is 14.4. The van der Waals surface area contributed by atoms with Crippen LogP contribution in [0.25, 0.3) is 0 Å². The quantitative estimate of drug-likeness (QED) is 0.627. The molecule has 0 amide bonds. The fourth-order valence-corrected chi connectivity index (χ4v) is 4.65. The summed E-state index contributed by atoms with van der Waals surface area (Å²) < 4.78 is 0. The summed E-state index contributed by atoms with van der Waals surface area (Å²) in [6, 6.07) is 5.18. The minimum absolute atomic E-state index is 1.02. The maximum atomic E-state index is 2.59. The van der Waals surface area contributed by atoms with Gasteiger partial charge in [0, 0.05) is 0 Å². The molecule has 0 saturated heterocycles. The second-order valence-corrected chi connectivity index (χ2v) is 6.81. The van der Waals surface area contributed by atoms with Crippen molar-refractivity contribution in [2.24, 2.45) is 11.8 Å². The van der Waals surface area contributed by atoms with Crippen LogP contribution in [0.15, 0.2) is 12.1 Å². The molecule has 0 radical (unpaired) electrons. The van der Waals surface area contributed by atoms with Crippen LogP contribution in [-0.4, -0.2) is 0 Å². The van der Waals surface area contributed by atoms with Crippen molar-refractivity contribution in [3.05, 3.63) is 34.4 Å². The standard InChI is InChI=1S/C18H24/c1-2-6-14-10-18-12-16-8-4-3-7-15(16)11-17(18)9-13(14)5-1/h9-10,15-16H,1-8,11-12H2. The molecule has 4 rings (SSSR count). The zero-order chi connectivity index (χ0) is 11.9. The lowest BCUT2D eigenvalue weighted by molar-refractivity contribution is 0.221. The molecule has 0 heterocycles. The third-order valence-corrected chi connectivity index (χ3v) is 5.69. The molecular formula is C18H24. The molecule has 96 valence electrons. The topological polar surface area (TPSA) is 0 Å². The Balaban J connectivity index is 1.70. The molecule has 2 unspecified atom stereocenters. The third kappa shape index (κ3) is 1.81. The highest BCUT2D eigenvalue weighted by Gasteiger charge is 2.31. The molecule has 0 nitrogen and oxygen atoms in total. The van der Waals surface area contributed by atoms with Crippen LogP contribution in [0.4, 0.5) is 0 Å². The van der Waals surface area contributed by atoms with Crippen molar-refractivity contribution in [2.45, 2.75) is 64.2 Å². The molecule has 1 fully saturated rings. The molecule has 0 bridgehead atoms. The summed E-state index contributed by atoms with van der Waals surface area (Å²) in [5.74, 6) is 2.04. The van der Waals surface area contributed by atoms with Gasteiger partial charge in [-0.25, -0.2) is 0 Å². The molecule has 3 aliphatic rings. The Morgan fingerprint density at radius 3 is 1.61 bits per heavy atom. The summed E-state index contributed by atoms with van der Waals surface area (Å²) in [7, 11) is 0. The highest BCUT2D eigenvalue weighted by Crippen LogP contribution is 2.41. The van der Waals surface area contributed by atoms with Crippen LogP contribution in [0.2, 0.25) is 0 Å². The summed E-state index contributed by atoms with van der Waals surface area (Å²) in [5.41, 5.74) is 6.82. The van der Waals surface area contributed by atoms with Gasteiger partial charge >= 0.3 is 0 Å². The summed E-state index contributed by atoms with van der Waals surface area (Å²) in [4.78, 5) is 0. The Hall–Kier alpha value is -0.780. The van der Waals surface area contributed by atoms with E-state index in [2.05, 4.69) is 12.1 Å². The van der Waals surface area contributed by atoms with Crippen LogP contribution in [0.5, 0.6) is 0 Å². The first kappa shape index (κ1) is 11.1. The SMILES string of the molecule is c1c2c(cc3c1CC1CCCCC1C3)CCCC2. The number of aryl methyl sites for hydroxylation is 2. The summed E-state index contributed by atoms with van der Waals surface area (Å²) in [5, 5.41) is 0. The lowest BCUT2D eigenvalue weighted by Crippen LogP contribution is -2.28. The van der Waals surface area contributed by atoms with E-state index in [-0.39, 0.29) is 0 Å². The molecule has 2 atom stereocenters. The van der Waals surface area contributed by atoms with Crippen LogP contribution in [-0.2, 0) is 25.7 Å². The first-order valence-electron chi connectivity index (χ1n) is 8.04. The van der Waals surface area contributed by atoms with Crippen LogP contribution >= 0.6 is 0 Å². The number of fused-ring (bicyclic) bond motifs is 3. The van der Waals surface area contributed by atoms with Gasteiger partial charge in [0.1, 0.15) is 0 Å². The lowest BCUT2D eigenvalue weighted by Gasteiger charge is -2.37. The second-order valence-electron chi connectivity index (χ2n) is 6.81. The van der Waals surface area contributed by atoms with Crippen molar-refractivity contribution in [3.8, 4) is 0 Å². The first-order valence-corrected chi connectivity index (χ1v) is 8.04. The fourth-order valence-electron chi connectivity index (χ4n) is 4.65. The van der Waals surface area contributed by atoms with Crippen molar-refractivity contribution < 1.29 is 0 Å². The number of hydrogen-bond donors (Lipinski definition) is 0. The normalized spacial score (nSPS) is 30.2. The van der Waals surface area contributed by atoms with Crippen LogP contribution in [0.3, 0.4) is 0 Å². The van der Waals surface area contributed by atoms with Crippen molar-refractivity contribution in [1.82, 2.24) is 0 Å². The molecule has 3 aliphatic carbocycles. The minimum atomic E-state index is 1.02. The Labute approximate surface area is 111 Å². The monoisotopic (exact) mass is 240 g/mol. The van der Waals surface area contributed by atoms with E-state index in [4.69, 9.17) is 0 Å². The molecule has 1 saturated carbocycles. The van der Waals surface area contributed by atoms with Crippen LogP contribution < -0.4 is 0 Å². The smallest absolute Gasteiger partial charge is 0.0245 e. The van der Waals surface area contributed by atoms with E-state index in [1.54, 1.807) is 22.3 Å². The number of rotatable bonds is 0. The molecule has 1 aromatic carbocycles. The molecule has 0 N–H and O–H groups in total. The predicted octanol–water partition coefficient (Wildman–Crippen LogP) is 4.47. The first-order chi connectivity index (χ1) is 8.90. The maximum Gasteiger partial charge on any atom is -0.0245 e. The Bertz CT molecular complexity index is 414. The van der Waals surface area contributed by atoms with Crippen LogP contribution in [0.1, 0.15) is 60.8 Å². The number of hydrogen-bond acceptors (Lipinski definition) is 0. The molecular weight excluding hydrogens is 216 g/mol. The Morgan fingerprint density at radius 2 is 1.11 bits per heavy atom. The summed E-state index contributed by atoms with van der Waals surface area (Å²) in [6.07, 6.45) is 14.3. The van der Waals surface area contributed by atoms with Crippen LogP contribution in [0, 0.1) is 11.8 Å². The van der Waals surface area contributed by atoms with E-state index in [1.165, 1.54) is 64.2 Å². The van der Waals surface area contributed by atoms with E-state index >= 15 is 0 Å². The average molecular weight is 240 g/mol. The van der Waals surface area contributed by atoms with Gasteiger partial charge in [0.2, 0.25) is 0 Å². The van der Waals surface area contributed by atoms with Crippen molar-refractivity contribution in [3.63, 3.8) is 0 Å². The summed E-state index contributed by atoms with van der Waals surface area (Å²) >= 11 is 0. The fraction of sp³-hybridized carbons (Fsp3) is 0.667. The van der Waals surface area contributed by atoms with E-state index in [9.17, 15) is 0 Å². The Kier molecular flexibility index (Phi) is 2.71. The van der Waals surface area contributed by atoms with E-state index < -0.39 is 0 Å². The van der Waals surface area contributed by atoms with Gasteiger partial charge in [-0.1, -0.05) is 25.0 Å². The van der Waals surface area contributed by atoms with E-state index in [0.29, 0.717) is 0 Å². The van der Waals surface area contributed by atoms with Gasteiger partial charge in [0.15, 0.2) is 0 Å². The van der Waals surface area contributed by atoms with Gasteiger partial charge in [-0.2, -0.15) is 0 Å². The van der Waals surface area contributed by atoms with E-state index in [1.807, 2.05) is 0 Å². The molecule has 18 heavy (non-hydrogen) atoms. The van der Waals surface area contributed by atoms with Crippen molar-refractivity contribution in [2.75, 3.05) is 0 Å². The number of benzene rings is 1. The minimum Gasteiger partial charge on any atom is -0.0553 e. The molecule has 0 heteroatoms. The van der Waals surface area contributed by atoms with Crippen molar-refractivity contribution >= 4 is 0 Å². The van der Waals surface area contributed by atoms with Gasteiger partial charge in [-0.3, -0.25) is 0 Å². The maximum absolute atomic E-state index is 2.59. The molecule has 1 aromatic rings.